The molecular weight excluding hydrogens is 723 g/mol. The molecule has 0 bridgehead atoms. The molecule has 4 amide bonds. The van der Waals surface area contributed by atoms with Gasteiger partial charge in [-0.2, -0.15) is 0 Å². The van der Waals surface area contributed by atoms with Crippen molar-refractivity contribution in [3.63, 3.8) is 0 Å². The molecule has 0 radical (unpaired) electrons. The van der Waals surface area contributed by atoms with Gasteiger partial charge in [-0.25, -0.2) is 0 Å². The van der Waals surface area contributed by atoms with Crippen LogP contribution in [0.15, 0.2) is 30.3 Å². The molecule has 9 unspecified atom stereocenters. The van der Waals surface area contributed by atoms with Crippen molar-refractivity contribution < 1.29 is 33.8 Å². The van der Waals surface area contributed by atoms with Gasteiger partial charge in [-0.05, 0) is 58.2 Å². The first-order valence-electron chi connectivity index (χ1n) is 21.5. The van der Waals surface area contributed by atoms with E-state index in [-0.39, 0.29) is 48.7 Å². The smallest absolute Gasteiger partial charge is 0.242 e. The molecule has 1 aromatic rings. The van der Waals surface area contributed by atoms with Gasteiger partial charge in [-0.3, -0.25) is 19.2 Å². The molecule has 1 fully saturated rings. The number of carbonyl (C=O) groups excluding carboxylic acids is 4. The highest BCUT2D eigenvalue weighted by atomic mass is 16.5. The number of hydrogen-bond acceptors (Lipinski definition) is 8. The maximum absolute atomic E-state index is 13.7. The van der Waals surface area contributed by atoms with Crippen LogP contribution in [-0.4, -0.2) is 129 Å². The lowest BCUT2D eigenvalue weighted by Gasteiger charge is -2.39. The van der Waals surface area contributed by atoms with Gasteiger partial charge in [0, 0.05) is 33.9 Å². The van der Waals surface area contributed by atoms with Gasteiger partial charge in [0.05, 0.1) is 55.3 Å². The molecule has 12 nitrogen and oxygen atoms in total. The zero-order chi connectivity index (χ0) is 44.8. The summed E-state index contributed by atoms with van der Waals surface area (Å²) in [6, 6.07) is 8.64. The number of likely N-dealkylation sites (N-methyl/N-ethyl adjacent to an activating group) is 1. The molecule has 0 spiro atoms. The Balaban J connectivity index is -0.00000166. The Hall–Kier alpha value is -3.06. The van der Waals surface area contributed by atoms with Crippen molar-refractivity contribution in [1.82, 2.24) is 25.3 Å². The number of nitrogens with zero attached hydrogens (tertiary/aromatic N) is 3. The Bertz CT molecular complexity index is 1160. The first-order chi connectivity index (χ1) is 27.0. The van der Waals surface area contributed by atoms with E-state index in [0.717, 1.165) is 18.8 Å². The second-order valence-corrected chi connectivity index (χ2v) is 15.0. The Kier molecular flexibility index (Phi) is 34.6. The predicted molar refractivity (Wildman–Crippen MR) is 236 cm³/mol. The minimum absolute atomic E-state index is 0.0333. The van der Waals surface area contributed by atoms with Crippen molar-refractivity contribution >= 4 is 24.1 Å². The summed E-state index contributed by atoms with van der Waals surface area (Å²) in [5.41, 5.74) is 0.713. The van der Waals surface area contributed by atoms with Gasteiger partial charge in [0.25, 0.3) is 0 Å². The van der Waals surface area contributed by atoms with Crippen LogP contribution in [0.1, 0.15) is 134 Å². The third-order valence-electron chi connectivity index (χ3n) is 10.4. The number of rotatable bonds is 19. The highest BCUT2D eigenvalue weighted by Gasteiger charge is 2.42. The van der Waals surface area contributed by atoms with E-state index in [9.17, 15) is 24.3 Å². The van der Waals surface area contributed by atoms with Crippen LogP contribution >= 0.6 is 0 Å². The number of likely N-dealkylation sites (tertiary alicyclic amines) is 1. The average Bonchev–Trinajstić information content (AvgIpc) is 3.71. The molecule has 1 heterocycles. The SMILES string of the molecule is CC.CC.CC(C)C(C)N(C)C.CCC.CCC(C)C(C(CC(=O)N1CCCC1C(OC)C(C)C(=O)NC(C)C(O)c1ccccc1)OC)N(C)C(=O)CNC=O. The molecule has 12 heteroatoms. The largest absolute Gasteiger partial charge is 0.386 e. The molecule has 57 heavy (non-hydrogen) atoms. The molecule has 1 aliphatic heterocycles. The van der Waals surface area contributed by atoms with Gasteiger partial charge in [-0.1, -0.05) is 119 Å². The van der Waals surface area contributed by atoms with E-state index in [1.165, 1.54) is 13.5 Å². The fourth-order valence-electron chi connectivity index (χ4n) is 6.55. The van der Waals surface area contributed by atoms with Crippen LogP contribution in [0.4, 0.5) is 0 Å². The lowest BCUT2D eigenvalue weighted by molar-refractivity contribution is -0.145. The normalized spacial score (nSPS) is 17.4. The maximum atomic E-state index is 13.7. The highest BCUT2D eigenvalue weighted by Crippen LogP contribution is 2.29. The van der Waals surface area contributed by atoms with Crippen molar-refractivity contribution in [3.8, 4) is 0 Å². The zero-order valence-electron chi connectivity index (χ0n) is 39.4. The molecule has 2 rings (SSSR count). The van der Waals surface area contributed by atoms with Gasteiger partial charge in [-0.15, -0.1) is 0 Å². The monoisotopic (exact) mass is 810 g/mol. The van der Waals surface area contributed by atoms with Crippen LogP contribution < -0.4 is 10.6 Å². The number of amides is 4. The van der Waals surface area contributed by atoms with E-state index in [2.05, 4.69) is 64.2 Å². The number of nitrogens with one attached hydrogen (secondary N) is 2. The van der Waals surface area contributed by atoms with E-state index in [1.54, 1.807) is 37.8 Å². The number of aliphatic hydroxyl groups is 1. The van der Waals surface area contributed by atoms with Crippen molar-refractivity contribution in [2.45, 2.75) is 165 Å². The Labute approximate surface area is 349 Å². The van der Waals surface area contributed by atoms with Crippen LogP contribution in [0.25, 0.3) is 0 Å². The van der Waals surface area contributed by atoms with Crippen LogP contribution in [-0.2, 0) is 28.7 Å². The molecule has 0 saturated carbocycles. The summed E-state index contributed by atoms with van der Waals surface area (Å²) >= 11 is 0. The first-order valence-corrected chi connectivity index (χ1v) is 21.5. The van der Waals surface area contributed by atoms with Crippen molar-refractivity contribution in [2.75, 3.05) is 48.5 Å². The second-order valence-electron chi connectivity index (χ2n) is 15.0. The molecular formula is C45H87N5O7. The Morgan fingerprint density at radius 1 is 0.930 bits per heavy atom. The molecule has 3 N–H and O–H groups in total. The van der Waals surface area contributed by atoms with Crippen molar-refractivity contribution in [3.05, 3.63) is 35.9 Å². The second kappa shape index (κ2) is 33.9. The molecule has 9 atom stereocenters. The third kappa shape index (κ3) is 21.0. The van der Waals surface area contributed by atoms with Gasteiger partial charge in [0.1, 0.15) is 0 Å². The summed E-state index contributed by atoms with van der Waals surface area (Å²) in [4.78, 5) is 56.0. The van der Waals surface area contributed by atoms with Crippen LogP contribution in [0.5, 0.6) is 0 Å². The summed E-state index contributed by atoms with van der Waals surface area (Å²) in [7, 11) is 8.97. The minimum atomic E-state index is -0.864. The summed E-state index contributed by atoms with van der Waals surface area (Å²) in [5.74, 6) is -0.451. The molecule has 1 saturated heterocycles. The molecule has 1 aromatic carbocycles. The van der Waals surface area contributed by atoms with Crippen LogP contribution in [0.3, 0.4) is 0 Å². The van der Waals surface area contributed by atoms with E-state index >= 15 is 0 Å². The average molecular weight is 810 g/mol. The van der Waals surface area contributed by atoms with Crippen molar-refractivity contribution in [1.29, 1.82) is 0 Å². The van der Waals surface area contributed by atoms with Gasteiger partial charge < -0.3 is 39.9 Å². The Morgan fingerprint density at radius 2 is 1.47 bits per heavy atom. The zero-order valence-corrected chi connectivity index (χ0v) is 39.4. The lowest BCUT2D eigenvalue weighted by Crippen LogP contribution is -2.54. The first kappa shape index (κ1) is 58.3. The summed E-state index contributed by atoms with van der Waals surface area (Å²) in [6.45, 7) is 26.9. The van der Waals surface area contributed by atoms with Gasteiger partial charge in [0.2, 0.25) is 24.1 Å². The predicted octanol–water partition coefficient (Wildman–Crippen LogP) is 6.95. The van der Waals surface area contributed by atoms with E-state index in [4.69, 9.17) is 9.47 Å². The molecule has 0 aliphatic carbocycles. The van der Waals surface area contributed by atoms with Crippen LogP contribution in [0.2, 0.25) is 0 Å². The lowest BCUT2D eigenvalue weighted by atomic mass is 9.90. The standard InChI is InChI=1S/C31H50N4O7.C7H17N.C3H8.2C2H6/c1-8-20(2)28(34(5)27(38)18-32-19-36)25(41-6)17-26(37)35-16-12-15-24(35)30(42-7)21(3)31(40)33-22(4)29(39)23-13-10-9-11-14-23;1-6(2)7(3)8(4)5;1-3-2;2*1-2/h9-11,13-14,19-22,24-25,28-30,39H,8,12,15-18H2,1-7H3,(H,32,36)(H,33,40);6-7H,1-5H3;3H2,1-2H3;2*1-2H3. The van der Waals surface area contributed by atoms with E-state index in [1.807, 2.05) is 71.9 Å². The summed E-state index contributed by atoms with van der Waals surface area (Å²) < 4.78 is 11.6. The number of ether oxygens (including phenoxy) is 2. The third-order valence-corrected chi connectivity index (χ3v) is 10.4. The molecule has 1 aliphatic rings. The fourth-order valence-corrected chi connectivity index (χ4v) is 6.55. The van der Waals surface area contributed by atoms with E-state index in [0.29, 0.717) is 31.0 Å². The van der Waals surface area contributed by atoms with Gasteiger partial charge >= 0.3 is 0 Å². The number of carbonyl (C=O) groups is 4. The maximum Gasteiger partial charge on any atom is 0.242 e. The summed E-state index contributed by atoms with van der Waals surface area (Å²) in [6.07, 6.45) is 2.02. The Morgan fingerprint density at radius 3 is 1.89 bits per heavy atom. The molecule has 334 valence electrons. The van der Waals surface area contributed by atoms with Crippen molar-refractivity contribution in [2.24, 2.45) is 17.8 Å². The number of methoxy groups -OCH3 is 2. The number of aliphatic hydroxyl groups excluding tert-OH is 1. The highest BCUT2D eigenvalue weighted by molar-refractivity contribution is 5.81. The summed E-state index contributed by atoms with van der Waals surface area (Å²) in [5, 5.41) is 16.0. The van der Waals surface area contributed by atoms with E-state index < -0.39 is 30.3 Å². The number of benzene rings is 1. The fraction of sp³-hybridized carbons (Fsp3) is 0.778. The topological polar surface area (TPSA) is 141 Å². The van der Waals surface area contributed by atoms with Crippen LogP contribution in [0, 0.1) is 17.8 Å². The number of hydrogen-bond donors (Lipinski definition) is 3. The molecule has 0 aromatic heterocycles. The quantitative estimate of drug-likeness (QED) is 0.128. The van der Waals surface area contributed by atoms with Gasteiger partial charge in [0.15, 0.2) is 0 Å². The minimum Gasteiger partial charge on any atom is -0.386 e.